The molecule has 0 unspecified atom stereocenters. The second-order valence-corrected chi connectivity index (χ2v) is 7.68. The molecule has 1 aliphatic rings. The minimum atomic E-state index is -0.601. The zero-order chi connectivity index (χ0) is 19.3. The molecule has 1 saturated carbocycles. The van der Waals surface area contributed by atoms with Crippen molar-refractivity contribution in [3.63, 3.8) is 0 Å². The number of nitrogens with one attached hydrogen (secondary N) is 1. The van der Waals surface area contributed by atoms with Gasteiger partial charge in [-0.15, -0.1) is 0 Å². The highest BCUT2D eigenvalue weighted by Crippen LogP contribution is 2.32. The number of amides is 2. The molecule has 0 radical (unpaired) electrons. The molecule has 0 aliphatic heterocycles. The number of benzene rings is 1. The van der Waals surface area contributed by atoms with Crippen LogP contribution in [0.15, 0.2) is 48.8 Å². The van der Waals surface area contributed by atoms with E-state index in [1.807, 2.05) is 31.2 Å². The fourth-order valence-electron chi connectivity index (χ4n) is 3.67. The van der Waals surface area contributed by atoms with Crippen molar-refractivity contribution in [2.45, 2.75) is 50.7 Å². The van der Waals surface area contributed by atoms with E-state index >= 15 is 0 Å². The first-order valence-electron chi connectivity index (χ1n) is 9.67. The van der Waals surface area contributed by atoms with Gasteiger partial charge in [0.05, 0.1) is 11.6 Å². The lowest BCUT2D eigenvalue weighted by Crippen LogP contribution is -2.42. The molecule has 0 spiro atoms. The predicted molar refractivity (Wildman–Crippen MR) is 106 cm³/mol. The molecule has 2 N–H and O–H groups in total. The molecule has 1 aromatic heterocycles. The molecule has 27 heavy (non-hydrogen) atoms. The molecular formula is C22H29N3O2. The average molecular weight is 367 g/mol. The summed E-state index contributed by atoms with van der Waals surface area (Å²) in [5, 5.41) is 13.7. The van der Waals surface area contributed by atoms with Gasteiger partial charge in [-0.1, -0.05) is 42.7 Å². The van der Waals surface area contributed by atoms with E-state index in [0.29, 0.717) is 13.0 Å². The molecule has 0 bridgehead atoms. The van der Waals surface area contributed by atoms with Crippen LogP contribution in [-0.4, -0.2) is 40.2 Å². The van der Waals surface area contributed by atoms with Gasteiger partial charge < -0.3 is 15.3 Å². The summed E-state index contributed by atoms with van der Waals surface area (Å²) >= 11 is 0. The molecule has 1 heterocycles. The van der Waals surface area contributed by atoms with E-state index in [1.165, 1.54) is 5.56 Å². The van der Waals surface area contributed by atoms with Gasteiger partial charge in [0.15, 0.2) is 0 Å². The SMILES string of the molecule is Cc1ccc([C@H](NC(=O)N(C)CCC2(O)CCCC2)c2ccncc2)cc1. The highest BCUT2D eigenvalue weighted by atomic mass is 16.3. The number of urea groups is 1. The molecule has 0 saturated heterocycles. The maximum Gasteiger partial charge on any atom is 0.317 e. The Morgan fingerprint density at radius 3 is 2.37 bits per heavy atom. The number of carbonyl (C=O) groups excluding carboxylic acids is 1. The third-order valence-electron chi connectivity index (χ3n) is 5.51. The van der Waals surface area contributed by atoms with Gasteiger partial charge in [-0.05, 0) is 49.4 Å². The number of aromatic nitrogens is 1. The number of pyridine rings is 1. The topological polar surface area (TPSA) is 65.5 Å². The van der Waals surface area contributed by atoms with E-state index in [-0.39, 0.29) is 12.1 Å². The van der Waals surface area contributed by atoms with Crippen molar-refractivity contribution in [3.05, 3.63) is 65.5 Å². The summed E-state index contributed by atoms with van der Waals surface area (Å²) in [7, 11) is 1.78. The monoisotopic (exact) mass is 367 g/mol. The first kappa shape index (κ1) is 19.4. The van der Waals surface area contributed by atoms with Gasteiger partial charge in [0.1, 0.15) is 0 Å². The molecular weight excluding hydrogens is 338 g/mol. The Hall–Kier alpha value is -2.40. The van der Waals surface area contributed by atoms with Crippen LogP contribution in [-0.2, 0) is 0 Å². The Morgan fingerprint density at radius 1 is 1.15 bits per heavy atom. The standard InChI is InChI=1S/C22H29N3O2/c1-17-5-7-18(8-6-17)20(19-9-14-23-15-10-19)24-21(26)25(2)16-13-22(27)11-3-4-12-22/h5-10,14-15,20,27H,3-4,11-13,16H2,1-2H3,(H,24,26)/t20-/m0/s1. The Balaban J connectivity index is 1.69. The fraction of sp³-hybridized carbons (Fsp3) is 0.455. The van der Waals surface area contributed by atoms with Crippen LogP contribution >= 0.6 is 0 Å². The van der Waals surface area contributed by atoms with Gasteiger partial charge in [-0.3, -0.25) is 4.98 Å². The van der Waals surface area contributed by atoms with Crippen molar-refractivity contribution in [1.82, 2.24) is 15.2 Å². The summed E-state index contributed by atoms with van der Waals surface area (Å²) in [5.74, 6) is 0. The summed E-state index contributed by atoms with van der Waals surface area (Å²) in [5.41, 5.74) is 2.60. The minimum Gasteiger partial charge on any atom is -0.390 e. The smallest absolute Gasteiger partial charge is 0.317 e. The number of aryl methyl sites for hydroxylation is 1. The van der Waals surface area contributed by atoms with Gasteiger partial charge in [0.2, 0.25) is 0 Å². The summed E-state index contributed by atoms with van der Waals surface area (Å²) in [6, 6.07) is 11.7. The van der Waals surface area contributed by atoms with E-state index in [2.05, 4.69) is 22.4 Å². The first-order chi connectivity index (χ1) is 13.0. The van der Waals surface area contributed by atoms with Gasteiger partial charge in [0.25, 0.3) is 0 Å². The number of rotatable bonds is 6. The highest BCUT2D eigenvalue weighted by Gasteiger charge is 2.31. The van der Waals surface area contributed by atoms with E-state index in [0.717, 1.165) is 36.8 Å². The number of nitrogens with zero attached hydrogens (tertiary/aromatic N) is 2. The molecule has 5 heteroatoms. The van der Waals surface area contributed by atoms with Crippen LogP contribution in [0.1, 0.15) is 54.8 Å². The van der Waals surface area contributed by atoms with Crippen LogP contribution in [0.4, 0.5) is 4.79 Å². The van der Waals surface area contributed by atoms with Crippen LogP contribution in [0.5, 0.6) is 0 Å². The van der Waals surface area contributed by atoms with Gasteiger partial charge in [0, 0.05) is 26.0 Å². The maximum atomic E-state index is 12.8. The molecule has 1 fully saturated rings. The van der Waals surface area contributed by atoms with Gasteiger partial charge in [-0.2, -0.15) is 0 Å². The molecule has 3 rings (SSSR count). The normalized spacial score (nSPS) is 16.7. The van der Waals surface area contributed by atoms with Crippen molar-refractivity contribution in [1.29, 1.82) is 0 Å². The lowest BCUT2D eigenvalue weighted by Gasteiger charge is -2.28. The molecule has 1 atom stereocenters. The predicted octanol–water partition coefficient (Wildman–Crippen LogP) is 3.82. The van der Waals surface area contributed by atoms with E-state index < -0.39 is 5.60 Å². The van der Waals surface area contributed by atoms with Crippen molar-refractivity contribution < 1.29 is 9.90 Å². The van der Waals surface area contributed by atoms with Crippen LogP contribution in [0.2, 0.25) is 0 Å². The number of hydrogen-bond donors (Lipinski definition) is 2. The maximum absolute atomic E-state index is 12.8. The number of aliphatic hydroxyl groups is 1. The Morgan fingerprint density at radius 2 is 1.74 bits per heavy atom. The van der Waals surface area contributed by atoms with Crippen molar-refractivity contribution >= 4 is 6.03 Å². The van der Waals surface area contributed by atoms with Crippen molar-refractivity contribution in [2.24, 2.45) is 0 Å². The fourth-order valence-corrected chi connectivity index (χ4v) is 3.67. The number of hydrogen-bond acceptors (Lipinski definition) is 3. The minimum absolute atomic E-state index is 0.140. The Labute approximate surface area is 161 Å². The van der Waals surface area contributed by atoms with E-state index in [4.69, 9.17) is 0 Å². The molecule has 5 nitrogen and oxygen atoms in total. The molecule has 2 amide bonds. The zero-order valence-electron chi connectivity index (χ0n) is 16.2. The Kier molecular flexibility index (Phi) is 6.11. The third-order valence-corrected chi connectivity index (χ3v) is 5.51. The first-order valence-corrected chi connectivity index (χ1v) is 9.67. The van der Waals surface area contributed by atoms with Crippen molar-refractivity contribution in [2.75, 3.05) is 13.6 Å². The largest absolute Gasteiger partial charge is 0.390 e. The van der Waals surface area contributed by atoms with E-state index in [1.54, 1.807) is 24.3 Å². The van der Waals surface area contributed by atoms with Crippen LogP contribution < -0.4 is 5.32 Å². The summed E-state index contributed by atoms with van der Waals surface area (Å²) < 4.78 is 0. The lowest BCUT2D eigenvalue weighted by atomic mass is 9.98. The zero-order valence-corrected chi connectivity index (χ0v) is 16.2. The van der Waals surface area contributed by atoms with Crippen molar-refractivity contribution in [3.8, 4) is 0 Å². The second kappa shape index (κ2) is 8.53. The Bertz CT molecular complexity index is 740. The average Bonchev–Trinajstić information content (AvgIpc) is 3.12. The molecule has 1 aromatic carbocycles. The summed E-state index contributed by atoms with van der Waals surface area (Å²) in [4.78, 5) is 18.5. The molecule has 144 valence electrons. The lowest BCUT2D eigenvalue weighted by molar-refractivity contribution is 0.0330. The molecule has 1 aliphatic carbocycles. The van der Waals surface area contributed by atoms with Gasteiger partial charge in [-0.25, -0.2) is 4.79 Å². The quantitative estimate of drug-likeness (QED) is 0.816. The van der Waals surface area contributed by atoms with E-state index in [9.17, 15) is 9.90 Å². The van der Waals surface area contributed by atoms with Gasteiger partial charge >= 0.3 is 6.03 Å². The third kappa shape index (κ3) is 5.07. The summed E-state index contributed by atoms with van der Waals surface area (Å²) in [6.45, 7) is 2.59. The highest BCUT2D eigenvalue weighted by molar-refractivity contribution is 5.75. The van der Waals surface area contributed by atoms with Crippen LogP contribution in [0.25, 0.3) is 0 Å². The summed E-state index contributed by atoms with van der Waals surface area (Å²) in [6.07, 6.45) is 7.93. The van der Waals surface area contributed by atoms with Crippen LogP contribution in [0.3, 0.4) is 0 Å². The number of carbonyl (C=O) groups is 1. The molecule has 2 aromatic rings. The van der Waals surface area contributed by atoms with Crippen LogP contribution in [0, 0.1) is 6.92 Å². The second-order valence-electron chi connectivity index (χ2n) is 7.68.